The molecule has 0 unspecified atom stereocenters. The first-order valence-electron chi connectivity index (χ1n) is 24.6. The Kier molecular flexibility index (Phi) is 18.6. The van der Waals surface area contributed by atoms with Crippen molar-refractivity contribution in [1.29, 1.82) is 0 Å². The van der Waals surface area contributed by atoms with E-state index in [1.54, 1.807) is 36.4 Å². The Morgan fingerprint density at radius 3 is 0.887 bits per heavy atom. The van der Waals surface area contributed by atoms with E-state index in [0.29, 0.717) is 44.8 Å². The Morgan fingerprint density at radius 1 is 0.306 bits per heavy atom. The van der Waals surface area contributed by atoms with Crippen LogP contribution >= 0.6 is 0 Å². The first-order valence-corrected chi connectivity index (χ1v) is 24.6. The van der Waals surface area contributed by atoms with Gasteiger partial charge in [-0.15, -0.1) is 0 Å². The third-order valence-electron chi connectivity index (χ3n) is 13.1. The molecule has 0 aliphatic carbocycles. The molecule has 6 heteroatoms. The third-order valence-corrected chi connectivity index (χ3v) is 13.1. The lowest BCUT2D eigenvalue weighted by molar-refractivity contribution is 0.0910. The monoisotopic (exact) mass is 837 g/mol. The van der Waals surface area contributed by atoms with Crippen LogP contribution in [-0.2, 0) is 12.8 Å². The van der Waals surface area contributed by atoms with Crippen molar-refractivity contribution in [1.82, 2.24) is 0 Å². The molecule has 2 aliphatic heterocycles. The van der Waals surface area contributed by atoms with Gasteiger partial charge < -0.3 is 0 Å². The first-order chi connectivity index (χ1) is 30.4. The SMILES string of the molecule is CCCCCCCCCCCCCCc1ccc(N2C(=O)c3ccc(-c4ccc5c(c4)C(=O)N(c4ccc(CCCCCCCCCCCCCC)cc4)C5=O)cc3C2=O)cc1. The van der Waals surface area contributed by atoms with Crippen molar-refractivity contribution in [3.8, 4) is 11.1 Å². The van der Waals surface area contributed by atoms with Crippen molar-refractivity contribution in [2.75, 3.05) is 9.80 Å². The molecule has 2 heterocycles. The highest BCUT2D eigenvalue weighted by atomic mass is 16.2. The van der Waals surface area contributed by atoms with E-state index in [1.165, 1.54) is 162 Å². The minimum atomic E-state index is -0.360. The number of carbonyl (C=O) groups excluding carboxylic acids is 4. The number of imide groups is 2. The molecule has 4 aromatic carbocycles. The zero-order valence-electron chi connectivity index (χ0n) is 38.0. The number of nitrogens with zero attached hydrogens (tertiary/aromatic N) is 2. The molecule has 330 valence electrons. The van der Waals surface area contributed by atoms with E-state index >= 15 is 0 Å². The summed E-state index contributed by atoms with van der Waals surface area (Å²) in [5, 5.41) is 0. The molecule has 6 rings (SSSR count). The van der Waals surface area contributed by atoms with Gasteiger partial charge in [0.25, 0.3) is 23.6 Å². The Bertz CT molecular complexity index is 1920. The molecular formula is C56H72N2O4. The van der Waals surface area contributed by atoms with Crippen LogP contribution < -0.4 is 9.80 Å². The molecule has 0 bridgehead atoms. The fraction of sp³-hybridized carbons (Fsp3) is 0.500. The number of anilines is 2. The van der Waals surface area contributed by atoms with E-state index in [4.69, 9.17) is 0 Å². The summed E-state index contributed by atoms with van der Waals surface area (Å²) in [4.78, 5) is 57.1. The molecule has 4 amide bonds. The first kappa shape index (κ1) is 46.7. The van der Waals surface area contributed by atoms with Gasteiger partial charge in [0.05, 0.1) is 33.6 Å². The standard InChI is InChI=1S/C56H72N2O4/c1-3-5-7-9-11-13-15-17-19-21-23-25-27-43-29-35-47(36-30-43)57-53(59)49-39-33-45(41-51(49)55(57)61)46-34-40-50-52(42-46)56(62)58(54(50)60)48-37-31-44(32-38-48)28-26-24-22-20-18-16-14-12-10-8-6-4-2/h29-42H,3-28H2,1-2H3. The van der Waals surface area contributed by atoms with Crippen LogP contribution in [0.5, 0.6) is 0 Å². The predicted octanol–water partition coefficient (Wildman–Crippen LogP) is 15.4. The Labute approximate surface area is 372 Å². The molecule has 0 saturated carbocycles. The minimum Gasteiger partial charge on any atom is -0.268 e. The number of fused-ring (bicyclic) bond motifs is 2. The Balaban J connectivity index is 0.957. The Morgan fingerprint density at radius 2 is 0.581 bits per heavy atom. The number of aryl methyl sites for hydroxylation is 2. The lowest BCUT2D eigenvalue weighted by atomic mass is 9.97. The van der Waals surface area contributed by atoms with Crippen molar-refractivity contribution in [3.05, 3.63) is 118 Å². The molecule has 0 fully saturated rings. The second-order valence-electron chi connectivity index (χ2n) is 18.0. The average molecular weight is 837 g/mol. The number of unbranched alkanes of at least 4 members (excludes halogenated alkanes) is 22. The highest BCUT2D eigenvalue weighted by molar-refractivity contribution is 6.35. The van der Waals surface area contributed by atoms with E-state index in [-0.39, 0.29) is 23.6 Å². The van der Waals surface area contributed by atoms with Crippen molar-refractivity contribution < 1.29 is 19.2 Å². The highest BCUT2D eigenvalue weighted by Crippen LogP contribution is 2.35. The lowest BCUT2D eigenvalue weighted by Crippen LogP contribution is -2.29. The van der Waals surface area contributed by atoms with Crippen LogP contribution in [0, 0.1) is 0 Å². The molecule has 6 nitrogen and oxygen atoms in total. The van der Waals surface area contributed by atoms with E-state index in [9.17, 15) is 19.2 Å². The fourth-order valence-electron chi connectivity index (χ4n) is 9.27. The van der Waals surface area contributed by atoms with Gasteiger partial charge in [-0.3, -0.25) is 19.2 Å². The third kappa shape index (κ3) is 12.6. The highest BCUT2D eigenvalue weighted by Gasteiger charge is 2.38. The van der Waals surface area contributed by atoms with Crippen molar-refractivity contribution in [2.24, 2.45) is 0 Å². The number of benzene rings is 4. The van der Waals surface area contributed by atoms with Crippen LogP contribution in [0.2, 0.25) is 0 Å². The number of hydrogen-bond acceptors (Lipinski definition) is 4. The van der Waals surface area contributed by atoms with Crippen LogP contribution in [0.15, 0.2) is 84.9 Å². The summed E-state index contributed by atoms with van der Waals surface area (Å²) in [7, 11) is 0. The van der Waals surface area contributed by atoms with E-state index in [1.807, 2.05) is 48.5 Å². The molecule has 0 saturated heterocycles. The van der Waals surface area contributed by atoms with Crippen LogP contribution in [0.3, 0.4) is 0 Å². The van der Waals surface area contributed by atoms with E-state index in [0.717, 1.165) is 25.7 Å². The second-order valence-corrected chi connectivity index (χ2v) is 18.0. The van der Waals surface area contributed by atoms with Gasteiger partial charge in [-0.05, 0) is 96.5 Å². The van der Waals surface area contributed by atoms with Crippen LogP contribution in [-0.4, -0.2) is 23.6 Å². The van der Waals surface area contributed by atoms with Crippen LogP contribution in [0.1, 0.15) is 221 Å². The summed E-state index contributed by atoms with van der Waals surface area (Å²) in [5.74, 6) is -1.39. The molecular weight excluding hydrogens is 765 g/mol. The molecule has 0 atom stereocenters. The largest absolute Gasteiger partial charge is 0.268 e. The van der Waals surface area contributed by atoms with E-state index in [2.05, 4.69) is 13.8 Å². The smallest absolute Gasteiger partial charge is 0.266 e. The zero-order valence-corrected chi connectivity index (χ0v) is 38.0. The van der Waals surface area contributed by atoms with E-state index < -0.39 is 0 Å². The van der Waals surface area contributed by atoms with Gasteiger partial charge >= 0.3 is 0 Å². The molecule has 0 aromatic heterocycles. The molecule has 4 aromatic rings. The van der Waals surface area contributed by atoms with Crippen molar-refractivity contribution in [2.45, 2.75) is 181 Å². The normalized spacial score (nSPS) is 13.5. The summed E-state index contributed by atoms with van der Waals surface area (Å²) in [6, 6.07) is 26.1. The maximum Gasteiger partial charge on any atom is 0.266 e. The summed E-state index contributed by atoms with van der Waals surface area (Å²) in [6.45, 7) is 4.53. The van der Waals surface area contributed by atoms with Gasteiger partial charge in [0, 0.05) is 0 Å². The van der Waals surface area contributed by atoms with Gasteiger partial charge in [0.2, 0.25) is 0 Å². The lowest BCUT2D eigenvalue weighted by Gasteiger charge is -2.14. The van der Waals surface area contributed by atoms with Gasteiger partial charge in [0.1, 0.15) is 0 Å². The predicted molar refractivity (Wildman–Crippen MR) is 257 cm³/mol. The van der Waals surface area contributed by atoms with Crippen molar-refractivity contribution >= 4 is 35.0 Å². The van der Waals surface area contributed by atoms with Gasteiger partial charge in [-0.1, -0.05) is 192 Å². The maximum atomic E-state index is 13.7. The van der Waals surface area contributed by atoms with Gasteiger partial charge in [0.15, 0.2) is 0 Å². The zero-order chi connectivity index (χ0) is 43.5. The number of hydrogen-bond donors (Lipinski definition) is 0. The summed E-state index contributed by atoms with van der Waals surface area (Å²) >= 11 is 0. The number of amides is 4. The van der Waals surface area contributed by atoms with Gasteiger partial charge in [-0.2, -0.15) is 0 Å². The number of rotatable bonds is 29. The Hall–Kier alpha value is -4.84. The molecule has 0 N–H and O–H groups in total. The topological polar surface area (TPSA) is 74.8 Å². The summed E-state index contributed by atoms with van der Waals surface area (Å²) in [5.41, 5.74) is 6.35. The maximum absolute atomic E-state index is 13.7. The number of carbonyl (C=O) groups is 4. The fourth-order valence-corrected chi connectivity index (χ4v) is 9.27. The molecule has 62 heavy (non-hydrogen) atoms. The second kappa shape index (κ2) is 24.7. The average Bonchev–Trinajstić information content (AvgIpc) is 3.70. The summed E-state index contributed by atoms with van der Waals surface area (Å²) < 4.78 is 0. The van der Waals surface area contributed by atoms with Crippen LogP contribution in [0.25, 0.3) is 11.1 Å². The summed E-state index contributed by atoms with van der Waals surface area (Å²) in [6.07, 6.45) is 33.7. The van der Waals surface area contributed by atoms with Crippen molar-refractivity contribution in [3.63, 3.8) is 0 Å². The minimum absolute atomic E-state index is 0.334. The van der Waals surface area contributed by atoms with Crippen LogP contribution in [0.4, 0.5) is 11.4 Å². The molecule has 0 spiro atoms. The quantitative estimate of drug-likeness (QED) is 0.0403. The van der Waals surface area contributed by atoms with Gasteiger partial charge in [-0.25, -0.2) is 9.80 Å². The molecule has 2 aliphatic rings. The molecule has 0 radical (unpaired) electrons.